The van der Waals surface area contributed by atoms with E-state index in [2.05, 4.69) is 54.0 Å². The van der Waals surface area contributed by atoms with Gasteiger partial charge < -0.3 is 15.7 Å². The molecule has 0 unspecified atom stereocenters. The lowest BCUT2D eigenvalue weighted by molar-refractivity contribution is 0.472. The molecule has 0 aromatic heterocycles. The summed E-state index contributed by atoms with van der Waals surface area (Å²) >= 11 is 0. The number of benzene rings is 3. The lowest BCUT2D eigenvalue weighted by Crippen LogP contribution is -2.42. The van der Waals surface area contributed by atoms with Crippen LogP contribution in [-0.2, 0) is 5.66 Å². The van der Waals surface area contributed by atoms with Crippen LogP contribution in [0.3, 0.4) is 0 Å². The number of nitrogens with one attached hydrogen (secondary N) is 2. The van der Waals surface area contributed by atoms with E-state index in [1.165, 1.54) is 10.8 Å². The van der Waals surface area contributed by atoms with E-state index >= 15 is 0 Å². The molecule has 1 heterocycles. The van der Waals surface area contributed by atoms with Crippen LogP contribution in [0.4, 0.5) is 11.4 Å². The van der Waals surface area contributed by atoms with Gasteiger partial charge in [0, 0.05) is 22.3 Å². The summed E-state index contributed by atoms with van der Waals surface area (Å²) in [5.41, 5.74) is 2.75. The Hall–Kier alpha value is -2.68. The topological polar surface area (TPSA) is 44.3 Å². The average Bonchev–Trinajstić information content (AvgIpc) is 2.47. The Kier molecular flexibility index (Phi) is 2.39. The highest BCUT2D eigenvalue weighted by Crippen LogP contribution is 2.41. The predicted molar refractivity (Wildman–Crippen MR) is 86.7 cm³/mol. The highest BCUT2D eigenvalue weighted by molar-refractivity contribution is 6.05. The standard InChI is InChI=1S/C18H16N2O/c1-18(13-7-4-8-14(21)11-13)19-15-9-2-5-12-6-3-10-16(20-18)17(12)15/h2-11,19-21H,1H3. The van der Waals surface area contributed by atoms with E-state index in [1.807, 2.05) is 12.1 Å². The van der Waals surface area contributed by atoms with Crippen molar-refractivity contribution >= 4 is 22.1 Å². The van der Waals surface area contributed by atoms with E-state index in [4.69, 9.17) is 0 Å². The fraction of sp³-hybridized carbons (Fsp3) is 0.111. The van der Waals surface area contributed by atoms with Gasteiger partial charge in [-0.2, -0.15) is 0 Å². The molecular weight excluding hydrogens is 260 g/mol. The zero-order valence-electron chi connectivity index (χ0n) is 11.7. The highest BCUT2D eigenvalue weighted by atomic mass is 16.3. The summed E-state index contributed by atoms with van der Waals surface area (Å²) in [6.07, 6.45) is 0. The van der Waals surface area contributed by atoms with Crippen LogP contribution in [0.2, 0.25) is 0 Å². The number of hydrogen-bond acceptors (Lipinski definition) is 3. The van der Waals surface area contributed by atoms with Crippen molar-refractivity contribution in [3.05, 3.63) is 66.2 Å². The molecule has 3 heteroatoms. The van der Waals surface area contributed by atoms with Crippen LogP contribution in [0.1, 0.15) is 12.5 Å². The normalized spacial score (nSPS) is 15.3. The number of rotatable bonds is 1. The molecule has 21 heavy (non-hydrogen) atoms. The van der Waals surface area contributed by atoms with Gasteiger partial charge in [0.2, 0.25) is 0 Å². The minimum Gasteiger partial charge on any atom is -0.508 e. The van der Waals surface area contributed by atoms with E-state index in [0.29, 0.717) is 0 Å². The SMILES string of the molecule is CC1(c2cccc(O)c2)Nc2cccc3cccc(c23)N1. The number of phenols is 1. The van der Waals surface area contributed by atoms with Crippen LogP contribution in [0.5, 0.6) is 5.75 Å². The number of hydrogen-bond donors (Lipinski definition) is 3. The van der Waals surface area contributed by atoms with Crippen LogP contribution in [0.25, 0.3) is 10.8 Å². The van der Waals surface area contributed by atoms with Crippen molar-refractivity contribution in [3.8, 4) is 5.75 Å². The van der Waals surface area contributed by atoms with E-state index in [9.17, 15) is 5.11 Å². The largest absolute Gasteiger partial charge is 0.508 e. The lowest BCUT2D eigenvalue weighted by atomic mass is 9.95. The molecule has 3 nitrogen and oxygen atoms in total. The minimum absolute atomic E-state index is 0.273. The molecule has 1 aliphatic rings. The number of phenolic OH excluding ortho intramolecular Hbond substituents is 1. The van der Waals surface area contributed by atoms with Crippen LogP contribution in [-0.4, -0.2) is 5.11 Å². The van der Waals surface area contributed by atoms with Gasteiger partial charge in [0.1, 0.15) is 11.4 Å². The maximum atomic E-state index is 9.75. The zero-order valence-corrected chi connectivity index (χ0v) is 11.7. The van der Waals surface area contributed by atoms with Crippen molar-refractivity contribution < 1.29 is 5.11 Å². The van der Waals surface area contributed by atoms with Crippen LogP contribution >= 0.6 is 0 Å². The van der Waals surface area contributed by atoms with E-state index in [0.717, 1.165) is 16.9 Å². The summed E-state index contributed by atoms with van der Waals surface area (Å²) in [5, 5.41) is 19.3. The number of aromatic hydroxyl groups is 1. The molecule has 0 saturated heterocycles. The maximum absolute atomic E-state index is 9.75. The quantitative estimate of drug-likeness (QED) is 0.622. The molecule has 0 saturated carbocycles. The second kappa shape index (κ2) is 4.16. The molecule has 3 N–H and O–H groups in total. The van der Waals surface area contributed by atoms with Gasteiger partial charge in [0.15, 0.2) is 0 Å². The molecule has 0 radical (unpaired) electrons. The van der Waals surface area contributed by atoms with E-state index < -0.39 is 5.66 Å². The fourth-order valence-electron chi connectivity index (χ4n) is 3.08. The third-order valence-corrected chi connectivity index (χ3v) is 4.10. The summed E-state index contributed by atoms with van der Waals surface area (Å²) in [7, 11) is 0. The molecule has 0 atom stereocenters. The summed E-state index contributed by atoms with van der Waals surface area (Å²) in [4.78, 5) is 0. The molecule has 3 aromatic rings. The van der Waals surface area contributed by atoms with Gasteiger partial charge in [-0.05, 0) is 36.6 Å². The molecule has 0 aliphatic carbocycles. The smallest absolute Gasteiger partial charge is 0.131 e. The third kappa shape index (κ3) is 1.82. The Morgan fingerprint density at radius 2 is 1.48 bits per heavy atom. The Bertz CT molecular complexity index is 801. The lowest BCUT2D eigenvalue weighted by Gasteiger charge is -2.39. The van der Waals surface area contributed by atoms with Gasteiger partial charge in [-0.3, -0.25) is 0 Å². The maximum Gasteiger partial charge on any atom is 0.131 e. The van der Waals surface area contributed by atoms with Gasteiger partial charge >= 0.3 is 0 Å². The summed E-state index contributed by atoms with van der Waals surface area (Å²) in [5.74, 6) is 0.273. The van der Waals surface area contributed by atoms with Crippen molar-refractivity contribution in [1.82, 2.24) is 0 Å². The number of anilines is 2. The van der Waals surface area contributed by atoms with Crippen molar-refractivity contribution in [3.63, 3.8) is 0 Å². The van der Waals surface area contributed by atoms with Crippen molar-refractivity contribution in [2.24, 2.45) is 0 Å². The van der Waals surface area contributed by atoms with Crippen LogP contribution < -0.4 is 10.6 Å². The highest BCUT2D eigenvalue weighted by Gasteiger charge is 2.31. The summed E-state index contributed by atoms with van der Waals surface area (Å²) in [6, 6.07) is 19.9. The predicted octanol–water partition coefficient (Wildman–Crippen LogP) is 4.26. The Balaban J connectivity index is 1.90. The van der Waals surface area contributed by atoms with Crippen molar-refractivity contribution in [2.45, 2.75) is 12.6 Å². The van der Waals surface area contributed by atoms with Gasteiger partial charge in [-0.15, -0.1) is 0 Å². The molecule has 0 spiro atoms. The zero-order chi connectivity index (χ0) is 14.4. The minimum atomic E-state index is -0.457. The Morgan fingerprint density at radius 3 is 2.10 bits per heavy atom. The molecule has 4 rings (SSSR count). The van der Waals surface area contributed by atoms with Crippen molar-refractivity contribution in [1.29, 1.82) is 0 Å². The second-order valence-electron chi connectivity index (χ2n) is 5.63. The molecular formula is C18H16N2O. The van der Waals surface area contributed by atoms with Crippen molar-refractivity contribution in [2.75, 3.05) is 10.6 Å². The first kappa shape index (κ1) is 12.1. The van der Waals surface area contributed by atoms with Gasteiger partial charge in [0.05, 0.1) is 0 Å². The van der Waals surface area contributed by atoms with E-state index in [-0.39, 0.29) is 5.75 Å². The first-order chi connectivity index (χ1) is 10.2. The molecule has 0 fully saturated rings. The molecule has 0 amide bonds. The summed E-state index contributed by atoms with van der Waals surface area (Å²) in [6.45, 7) is 2.08. The monoisotopic (exact) mass is 276 g/mol. The molecule has 0 bridgehead atoms. The van der Waals surface area contributed by atoms with Gasteiger partial charge in [-0.1, -0.05) is 36.4 Å². The first-order valence-corrected chi connectivity index (χ1v) is 7.03. The molecule has 3 aromatic carbocycles. The average molecular weight is 276 g/mol. The molecule has 104 valence electrons. The summed E-state index contributed by atoms with van der Waals surface area (Å²) < 4.78 is 0. The second-order valence-corrected chi connectivity index (χ2v) is 5.63. The first-order valence-electron chi connectivity index (χ1n) is 7.03. The fourth-order valence-corrected chi connectivity index (χ4v) is 3.08. The Labute approximate surface area is 123 Å². The Morgan fingerprint density at radius 1 is 0.857 bits per heavy atom. The molecule has 1 aliphatic heterocycles. The van der Waals surface area contributed by atoms with Gasteiger partial charge in [-0.25, -0.2) is 0 Å². The van der Waals surface area contributed by atoms with Crippen LogP contribution in [0, 0.1) is 0 Å². The van der Waals surface area contributed by atoms with Gasteiger partial charge in [0.25, 0.3) is 0 Å². The van der Waals surface area contributed by atoms with E-state index in [1.54, 1.807) is 12.1 Å². The third-order valence-electron chi connectivity index (χ3n) is 4.10. The van der Waals surface area contributed by atoms with Crippen LogP contribution in [0.15, 0.2) is 60.7 Å².